The van der Waals surface area contributed by atoms with Gasteiger partial charge in [0.1, 0.15) is 5.82 Å². The van der Waals surface area contributed by atoms with Gasteiger partial charge < -0.3 is 10.6 Å². The number of nitrogens with one attached hydrogen (secondary N) is 2. The predicted molar refractivity (Wildman–Crippen MR) is 103 cm³/mol. The van der Waals surface area contributed by atoms with Crippen molar-refractivity contribution in [3.05, 3.63) is 66.0 Å². The molecule has 128 valence electrons. The topological polar surface area (TPSA) is 62.7 Å². The van der Waals surface area contributed by atoms with Crippen molar-refractivity contribution in [3.8, 4) is 11.3 Å². The molecule has 1 aromatic carbocycles. The van der Waals surface area contributed by atoms with Gasteiger partial charge in [-0.15, -0.1) is 0 Å². The summed E-state index contributed by atoms with van der Waals surface area (Å²) in [7, 11) is 0. The molecule has 0 aliphatic rings. The first-order chi connectivity index (χ1) is 12.1. The minimum absolute atomic E-state index is 0.258. The standard InChI is InChI=1S/C20H23N5/c1-14(2)23-20-24-18(17-5-4-10-21-13-17)11-19(25-20)22-12-16-8-6-15(3)7-9-16/h4-11,13-14H,12H2,1-3H3,(H2,22,23,24,25). The van der Waals surface area contributed by atoms with Crippen LogP contribution in [0.4, 0.5) is 11.8 Å². The Kier molecular flexibility index (Phi) is 5.23. The van der Waals surface area contributed by atoms with Crippen LogP contribution < -0.4 is 10.6 Å². The third-order valence-corrected chi connectivity index (χ3v) is 3.70. The molecule has 0 saturated heterocycles. The molecule has 0 atom stereocenters. The highest BCUT2D eigenvalue weighted by molar-refractivity contribution is 5.63. The Bertz CT molecular complexity index is 813. The van der Waals surface area contributed by atoms with Crippen LogP contribution in [-0.4, -0.2) is 21.0 Å². The quantitative estimate of drug-likeness (QED) is 0.705. The van der Waals surface area contributed by atoms with E-state index in [1.807, 2.05) is 24.4 Å². The van der Waals surface area contributed by atoms with E-state index in [-0.39, 0.29) is 6.04 Å². The molecular weight excluding hydrogens is 310 g/mol. The summed E-state index contributed by atoms with van der Waals surface area (Å²) in [4.78, 5) is 13.4. The van der Waals surface area contributed by atoms with Gasteiger partial charge in [-0.05, 0) is 38.5 Å². The fourth-order valence-electron chi connectivity index (χ4n) is 2.42. The molecule has 2 aromatic heterocycles. The molecule has 0 fully saturated rings. The summed E-state index contributed by atoms with van der Waals surface area (Å²) in [5.41, 5.74) is 4.28. The summed E-state index contributed by atoms with van der Waals surface area (Å²) in [6, 6.07) is 14.6. The average molecular weight is 333 g/mol. The molecule has 0 saturated carbocycles. The zero-order chi connectivity index (χ0) is 17.6. The van der Waals surface area contributed by atoms with Gasteiger partial charge in [-0.2, -0.15) is 4.98 Å². The van der Waals surface area contributed by atoms with Crippen molar-refractivity contribution in [2.24, 2.45) is 0 Å². The SMILES string of the molecule is Cc1ccc(CNc2cc(-c3cccnc3)nc(NC(C)C)n2)cc1. The van der Waals surface area contributed by atoms with E-state index in [2.05, 4.69) is 70.6 Å². The minimum Gasteiger partial charge on any atom is -0.366 e. The first kappa shape index (κ1) is 16.9. The number of nitrogens with zero attached hydrogens (tertiary/aromatic N) is 3. The fraction of sp³-hybridized carbons (Fsp3) is 0.250. The van der Waals surface area contributed by atoms with Gasteiger partial charge in [0.2, 0.25) is 5.95 Å². The summed E-state index contributed by atoms with van der Waals surface area (Å²) in [5.74, 6) is 1.40. The summed E-state index contributed by atoms with van der Waals surface area (Å²) < 4.78 is 0. The van der Waals surface area contributed by atoms with E-state index in [9.17, 15) is 0 Å². The third kappa shape index (κ3) is 4.76. The lowest BCUT2D eigenvalue weighted by Gasteiger charge is -2.13. The molecule has 5 nitrogen and oxygen atoms in total. The molecule has 25 heavy (non-hydrogen) atoms. The van der Waals surface area contributed by atoms with Gasteiger partial charge in [0.25, 0.3) is 0 Å². The van der Waals surface area contributed by atoms with Gasteiger partial charge in [-0.25, -0.2) is 4.98 Å². The van der Waals surface area contributed by atoms with Crippen molar-refractivity contribution >= 4 is 11.8 Å². The molecule has 0 bridgehead atoms. The second kappa shape index (κ2) is 7.75. The smallest absolute Gasteiger partial charge is 0.225 e. The number of aromatic nitrogens is 3. The maximum atomic E-state index is 4.61. The largest absolute Gasteiger partial charge is 0.366 e. The number of anilines is 2. The van der Waals surface area contributed by atoms with Crippen LogP contribution in [0, 0.1) is 6.92 Å². The lowest BCUT2D eigenvalue weighted by molar-refractivity contribution is 0.874. The second-order valence-electron chi connectivity index (χ2n) is 6.34. The lowest BCUT2D eigenvalue weighted by atomic mass is 10.1. The number of pyridine rings is 1. The molecule has 0 spiro atoms. The van der Waals surface area contributed by atoms with Gasteiger partial charge in [0, 0.05) is 36.6 Å². The molecule has 0 aliphatic carbocycles. The van der Waals surface area contributed by atoms with Crippen molar-refractivity contribution in [2.75, 3.05) is 10.6 Å². The van der Waals surface area contributed by atoms with E-state index in [1.165, 1.54) is 11.1 Å². The maximum absolute atomic E-state index is 4.61. The molecule has 0 radical (unpaired) electrons. The van der Waals surface area contributed by atoms with Crippen LogP contribution in [0.3, 0.4) is 0 Å². The molecular formula is C20H23N5. The van der Waals surface area contributed by atoms with Crippen molar-refractivity contribution in [1.29, 1.82) is 0 Å². The van der Waals surface area contributed by atoms with Gasteiger partial charge in [-0.1, -0.05) is 29.8 Å². The van der Waals surface area contributed by atoms with E-state index in [0.29, 0.717) is 12.5 Å². The van der Waals surface area contributed by atoms with E-state index in [0.717, 1.165) is 17.1 Å². The molecule has 0 aliphatic heterocycles. The molecule has 3 aromatic rings. The predicted octanol–water partition coefficient (Wildman–Crippen LogP) is 4.28. The number of benzene rings is 1. The van der Waals surface area contributed by atoms with Crippen LogP contribution >= 0.6 is 0 Å². The first-order valence-electron chi connectivity index (χ1n) is 8.45. The van der Waals surface area contributed by atoms with Crippen molar-refractivity contribution in [2.45, 2.75) is 33.4 Å². The first-order valence-corrected chi connectivity index (χ1v) is 8.45. The highest BCUT2D eigenvalue weighted by Crippen LogP contribution is 2.21. The van der Waals surface area contributed by atoms with Crippen molar-refractivity contribution < 1.29 is 0 Å². The van der Waals surface area contributed by atoms with Gasteiger partial charge >= 0.3 is 0 Å². The number of rotatable bonds is 6. The van der Waals surface area contributed by atoms with Crippen molar-refractivity contribution in [3.63, 3.8) is 0 Å². The summed E-state index contributed by atoms with van der Waals surface area (Å²) in [5, 5.41) is 6.67. The van der Waals surface area contributed by atoms with Crippen LogP contribution in [-0.2, 0) is 6.54 Å². The molecule has 2 N–H and O–H groups in total. The van der Waals surface area contributed by atoms with Gasteiger partial charge in [0.05, 0.1) is 5.69 Å². The van der Waals surface area contributed by atoms with E-state index in [4.69, 9.17) is 0 Å². The Morgan fingerprint density at radius 2 is 1.84 bits per heavy atom. The molecule has 0 amide bonds. The Morgan fingerprint density at radius 1 is 1.04 bits per heavy atom. The normalized spacial score (nSPS) is 10.7. The van der Waals surface area contributed by atoms with Gasteiger partial charge in [-0.3, -0.25) is 4.98 Å². The Hall–Kier alpha value is -2.95. The molecule has 2 heterocycles. The Labute approximate surface area is 148 Å². The van der Waals surface area contributed by atoms with Crippen LogP contribution in [0.1, 0.15) is 25.0 Å². The Morgan fingerprint density at radius 3 is 2.52 bits per heavy atom. The highest BCUT2D eigenvalue weighted by atomic mass is 15.1. The van der Waals surface area contributed by atoms with Crippen LogP contribution in [0.25, 0.3) is 11.3 Å². The third-order valence-electron chi connectivity index (χ3n) is 3.70. The van der Waals surface area contributed by atoms with Crippen LogP contribution in [0.15, 0.2) is 54.9 Å². The molecule has 5 heteroatoms. The number of hydrogen-bond acceptors (Lipinski definition) is 5. The maximum Gasteiger partial charge on any atom is 0.225 e. The van der Waals surface area contributed by atoms with Crippen LogP contribution in [0.2, 0.25) is 0 Å². The van der Waals surface area contributed by atoms with E-state index < -0.39 is 0 Å². The molecule has 3 rings (SSSR count). The summed E-state index contributed by atoms with van der Waals surface area (Å²) in [6.45, 7) is 6.94. The number of hydrogen-bond donors (Lipinski definition) is 2. The van der Waals surface area contributed by atoms with E-state index in [1.54, 1.807) is 6.20 Å². The van der Waals surface area contributed by atoms with Gasteiger partial charge in [0.15, 0.2) is 0 Å². The molecule has 0 unspecified atom stereocenters. The highest BCUT2D eigenvalue weighted by Gasteiger charge is 2.08. The lowest BCUT2D eigenvalue weighted by Crippen LogP contribution is -2.14. The second-order valence-corrected chi connectivity index (χ2v) is 6.34. The monoisotopic (exact) mass is 333 g/mol. The zero-order valence-electron chi connectivity index (χ0n) is 14.8. The minimum atomic E-state index is 0.258. The van der Waals surface area contributed by atoms with Crippen LogP contribution in [0.5, 0.6) is 0 Å². The average Bonchev–Trinajstić information content (AvgIpc) is 2.61. The van der Waals surface area contributed by atoms with E-state index >= 15 is 0 Å². The fourth-order valence-corrected chi connectivity index (χ4v) is 2.42. The Balaban J connectivity index is 1.85. The zero-order valence-corrected chi connectivity index (χ0v) is 14.8. The van der Waals surface area contributed by atoms with Crippen molar-refractivity contribution in [1.82, 2.24) is 15.0 Å². The number of aryl methyl sites for hydroxylation is 1. The summed E-state index contributed by atoms with van der Waals surface area (Å²) >= 11 is 0. The summed E-state index contributed by atoms with van der Waals surface area (Å²) in [6.07, 6.45) is 3.57.